The van der Waals surface area contributed by atoms with E-state index in [1.807, 2.05) is 0 Å². The second kappa shape index (κ2) is 8.04. The van der Waals surface area contributed by atoms with Gasteiger partial charge in [0.15, 0.2) is 0 Å². The standard InChI is InChI=1S/C20H16Cl2N2O4/c1-23-18(25)16(19(26)24(2)20(23)27)9-12-4-3-5-15(8-12)28-11-13-6-7-14(21)10-17(13)22/h3-10H,11H2,1-2H3. The number of rotatable bonds is 4. The second-order valence-corrected chi connectivity index (χ2v) is 7.01. The highest BCUT2D eigenvalue weighted by Crippen LogP contribution is 2.24. The summed E-state index contributed by atoms with van der Waals surface area (Å²) in [6.45, 7) is 0.230. The third-order valence-electron chi connectivity index (χ3n) is 4.22. The van der Waals surface area contributed by atoms with Crippen LogP contribution in [0.4, 0.5) is 4.79 Å². The number of carbonyl (C=O) groups excluding carboxylic acids is 3. The number of hydrogen-bond acceptors (Lipinski definition) is 4. The lowest BCUT2D eigenvalue weighted by molar-refractivity contribution is -0.134. The number of hydrogen-bond donors (Lipinski definition) is 0. The number of amides is 4. The van der Waals surface area contributed by atoms with Crippen molar-refractivity contribution >= 4 is 47.1 Å². The molecule has 4 amide bonds. The minimum Gasteiger partial charge on any atom is -0.489 e. The van der Waals surface area contributed by atoms with Gasteiger partial charge in [-0.3, -0.25) is 19.4 Å². The lowest BCUT2D eigenvalue weighted by Crippen LogP contribution is -2.52. The van der Waals surface area contributed by atoms with E-state index in [1.165, 1.54) is 20.2 Å². The van der Waals surface area contributed by atoms with Crippen molar-refractivity contribution in [1.29, 1.82) is 0 Å². The van der Waals surface area contributed by atoms with Gasteiger partial charge in [0.05, 0.1) is 0 Å². The van der Waals surface area contributed by atoms with Crippen molar-refractivity contribution < 1.29 is 19.1 Å². The fourth-order valence-electron chi connectivity index (χ4n) is 2.64. The minimum atomic E-state index is -0.663. The van der Waals surface area contributed by atoms with E-state index < -0.39 is 17.8 Å². The summed E-state index contributed by atoms with van der Waals surface area (Å²) >= 11 is 12.0. The van der Waals surface area contributed by atoms with E-state index in [0.29, 0.717) is 21.4 Å². The number of carbonyl (C=O) groups is 3. The zero-order valence-corrected chi connectivity index (χ0v) is 16.6. The number of halogens is 2. The molecule has 0 N–H and O–H groups in total. The molecule has 0 aromatic heterocycles. The molecule has 2 aromatic rings. The Morgan fingerprint density at radius 1 is 0.964 bits per heavy atom. The maximum absolute atomic E-state index is 12.3. The summed E-state index contributed by atoms with van der Waals surface area (Å²) in [6.07, 6.45) is 1.44. The van der Waals surface area contributed by atoms with Crippen LogP contribution < -0.4 is 4.74 Å². The molecule has 0 bridgehead atoms. The third-order valence-corrected chi connectivity index (χ3v) is 4.81. The Morgan fingerprint density at radius 2 is 1.64 bits per heavy atom. The van der Waals surface area contributed by atoms with Gasteiger partial charge in [-0.05, 0) is 35.9 Å². The van der Waals surface area contributed by atoms with E-state index in [2.05, 4.69) is 0 Å². The summed E-state index contributed by atoms with van der Waals surface area (Å²) in [5.74, 6) is -0.756. The molecule has 1 heterocycles. The van der Waals surface area contributed by atoms with Gasteiger partial charge in [0, 0.05) is 29.7 Å². The fourth-order valence-corrected chi connectivity index (χ4v) is 3.10. The molecule has 3 rings (SSSR count). The highest BCUT2D eigenvalue weighted by molar-refractivity contribution is 6.35. The Hall–Kier alpha value is -2.83. The average Bonchev–Trinajstić information content (AvgIpc) is 2.68. The number of imide groups is 2. The van der Waals surface area contributed by atoms with E-state index >= 15 is 0 Å². The van der Waals surface area contributed by atoms with Crippen LogP contribution in [0.25, 0.3) is 6.08 Å². The molecular weight excluding hydrogens is 403 g/mol. The molecule has 144 valence electrons. The Kier molecular flexibility index (Phi) is 5.72. The first kappa shape index (κ1) is 19.9. The number of barbiturate groups is 1. The summed E-state index contributed by atoms with van der Waals surface area (Å²) in [6, 6.07) is 11.4. The molecule has 28 heavy (non-hydrogen) atoms. The normalized spacial score (nSPS) is 14.6. The molecule has 1 saturated heterocycles. The summed E-state index contributed by atoms with van der Waals surface area (Å²) in [4.78, 5) is 38.2. The Balaban J connectivity index is 1.81. The first-order valence-corrected chi connectivity index (χ1v) is 9.02. The van der Waals surface area contributed by atoms with E-state index in [4.69, 9.17) is 27.9 Å². The Bertz CT molecular complexity index is 977. The summed E-state index contributed by atoms with van der Waals surface area (Å²) in [5.41, 5.74) is 1.27. The molecule has 0 saturated carbocycles. The van der Waals surface area contributed by atoms with Gasteiger partial charge in [0.1, 0.15) is 17.9 Å². The van der Waals surface area contributed by atoms with Crippen LogP contribution in [0, 0.1) is 0 Å². The number of urea groups is 1. The Labute approximate surface area is 171 Å². The largest absolute Gasteiger partial charge is 0.489 e. The molecule has 6 nitrogen and oxygen atoms in total. The SMILES string of the molecule is CN1C(=O)C(=Cc2cccc(OCc3ccc(Cl)cc3Cl)c2)C(=O)N(C)C1=O. The van der Waals surface area contributed by atoms with Gasteiger partial charge in [-0.15, -0.1) is 0 Å². The predicted octanol–water partition coefficient (Wildman–Crippen LogP) is 4.01. The molecule has 1 aliphatic heterocycles. The number of likely N-dealkylation sites (N-methyl/N-ethyl adjacent to an activating group) is 2. The lowest BCUT2D eigenvalue weighted by Gasteiger charge is -2.28. The van der Waals surface area contributed by atoms with Crippen LogP contribution >= 0.6 is 23.2 Å². The van der Waals surface area contributed by atoms with Crippen molar-refractivity contribution in [2.45, 2.75) is 6.61 Å². The highest BCUT2D eigenvalue weighted by Gasteiger charge is 2.37. The monoisotopic (exact) mass is 418 g/mol. The van der Waals surface area contributed by atoms with Crippen LogP contribution in [0.5, 0.6) is 5.75 Å². The van der Waals surface area contributed by atoms with Gasteiger partial charge in [0.25, 0.3) is 11.8 Å². The molecule has 1 fully saturated rings. The van der Waals surface area contributed by atoms with E-state index in [-0.39, 0.29) is 12.2 Å². The van der Waals surface area contributed by atoms with Crippen molar-refractivity contribution in [2.24, 2.45) is 0 Å². The third kappa shape index (κ3) is 4.03. The number of benzene rings is 2. The summed E-state index contributed by atoms with van der Waals surface area (Å²) in [7, 11) is 2.66. The van der Waals surface area contributed by atoms with Crippen molar-refractivity contribution in [3.8, 4) is 5.75 Å². The first-order valence-electron chi connectivity index (χ1n) is 8.26. The van der Waals surface area contributed by atoms with Crippen LogP contribution in [0.15, 0.2) is 48.0 Å². The molecule has 0 radical (unpaired) electrons. The maximum Gasteiger partial charge on any atom is 0.333 e. The average molecular weight is 419 g/mol. The van der Waals surface area contributed by atoms with E-state index in [0.717, 1.165) is 15.4 Å². The number of ether oxygens (including phenoxy) is 1. The molecule has 0 atom stereocenters. The van der Waals surface area contributed by atoms with Crippen LogP contribution in [-0.4, -0.2) is 41.7 Å². The van der Waals surface area contributed by atoms with Gasteiger partial charge in [-0.2, -0.15) is 0 Å². The predicted molar refractivity (Wildman–Crippen MR) is 106 cm³/mol. The molecule has 2 aromatic carbocycles. The van der Waals surface area contributed by atoms with Crippen molar-refractivity contribution in [1.82, 2.24) is 9.80 Å². The zero-order chi connectivity index (χ0) is 20.4. The van der Waals surface area contributed by atoms with Crippen LogP contribution in [0.2, 0.25) is 10.0 Å². The molecular formula is C20H16Cl2N2O4. The molecule has 1 aliphatic rings. The minimum absolute atomic E-state index is 0.0949. The van der Waals surface area contributed by atoms with E-state index in [9.17, 15) is 14.4 Å². The molecule has 0 unspecified atom stereocenters. The van der Waals surface area contributed by atoms with Gasteiger partial charge in [-0.1, -0.05) is 41.4 Å². The lowest BCUT2D eigenvalue weighted by atomic mass is 10.1. The molecule has 0 aliphatic carbocycles. The Morgan fingerprint density at radius 3 is 2.29 bits per heavy atom. The van der Waals surface area contributed by atoms with Crippen molar-refractivity contribution in [3.05, 3.63) is 69.2 Å². The van der Waals surface area contributed by atoms with Gasteiger partial charge in [-0.25, -0.2) is 4.79 Å². The smallest absolute Gasteiger partial charge is 0.333 e. The molecule has 0 spiro atoms. The van der Waals surface area contributed by atoms with Gasteiger partial charge >= 0.3 is 6.03 Å². The maximum atomic E-state index is 12.3. The summed E-state index contributed by atoms with van der Waals surface area (Å²) < 4.78 is 5.75. The van der Waals surface area contributed by atoms with Crippen LogP contribution in [0.3, 0.4) is 0 Å². The first-order chi connectivity index (χ1) is 13.3. The van der Waals surface area contributed by atoms with Crippen molar-refractivity contribution in [3.63, 3.8) is 0 Å². The topological polar surface area (TPSA) is 66.9 Å². The highest BCUT2D eigenvalue weighted by atomic mass is 35.5. The zero-order valence-electron chi connectivity index (χ0n) is 15.1. The molecule has 8 heteroatoms. The van der Waals surface area contributed by atoms with Crippen LogP contribution in [-0.2, 0) is 16.2 Å². The quantitative estimate of drug-likeness (QED) is 0.555. The van der Waals surface area contributed by atoms with Crippen molar-refractivity contribution in [2.75, 3.05) is 14.1 Å². The van der Waals surface area contributed by atoms with Crippen LogP contribution in [0.1, 0.15) is 11.1 Å². The van der Waals surface area contributed by atoms with Gasteiger partial charge < -0.3 is 4.74 Å². The summed E-state index contributed by atoms with van der Waals surface area (Å²) in [5, 5.41) is 1.04. The fraction of sp³-hybridized carbons (Fsp3) is 0.150. The van der Waals surface area contributed by atoms with Gasteiger partial charge in [0.2, 0.25) is 0 Å². The second-order valence-electron chi connectivity index (χ2n) is 6.17. The van der Waals surface area contributed by atoms with E-state index in [1.54, 1.807) is 42.5 Å². The number of nitrogens with zero attached hydrogens (tertiary/aromatic N) is 2.